The Morgan fingerprint density at radius 1 is 0.636 bits per heavy atom. The molecule has 2 aromatic heterocycles. The SMILES string of the molecule is CC(C)(C)c1ccnc(-c2ccc(-c3cccc4c3ccc3oc5ccccc5c34)cc2)c1. The molecule has 0 unspecified atom stereocenters. The number of aromatic nitrogens is 1. The van der Waals surface area contributed by atoms with Crippen molar-refractivity contribution in [2.45, 2.75) is 26.2 Å². The van der Waals surface area contributed by atoms with Crippen LogP contribution in [0, 0.1) is 0 Å². The van der Waals surface area contributed by atoms with Crippen LogP contribution in [0.5, 0.6) is 0 Å². The van der Waals surface area contributed by atoms with Gasteiger partial charge in [0.15, 0.2) is 0 Å². The van der Waals surface area contributed by atoms with Crippen LogP contribution in [0.25, 0.3) is 55.1 Å². The summed E-state index contributed by atoms with van der Waals surface area (Å²) in [5.74, 6) is 0. The first-order valence-electron chi connectivity index (χ1n) is 11.4. The summed E-state index contributed by atoms with van der Waals surface area (Å²) in [6, 6.07) is 32.1. The van der Waals surface area contributed by atoms with E-state index in [4.69, 9.17) is 4.42 Å². The minimum atomic E-state index is 0.100. The van der Waals surface area contributed by atoms with Crippen LogP contribution in [0.2, 0.25) is 0 Å². The Hall–Kier alpha value is -3.91. The fourth-order valence-corrected chi connectivity index (χ4v) is 4.71. The average molecular weight is 428 g/mol. The molecule has 0 bridgehead atoms. The molecule has 0 spiro atoms. The van der Waals surface area contributed by atoms with E-state index in [1.165, 1.54) is 32.8 Å². The fourth-order valence-electron chi connectivity index (χ4n) is 4.71. The largest absolute Gasteiger partial charge is 0.456 e. The first-order chi connectivity index (χ1) is 16.0. The molecule has 6 rings (SSSR count). The molecule has 6 aromatic rings. The monoisotopic (exact) mass is 427 g/mol. The van der Waals surface area contributed by atoms with Crippen LogP contribution in [-0.4, -0.2) is 4.98 Å². The second kappa shape index (κ2) is 7.31. The van der Waals surface area contributed by atoms with Crippen LogP contribution in [0.1, 0.15) is 26.3 Å². The average Bonchev–Trinajstić information content (AvgIpc) is 3.22. The quantitative estimate of drug-likeness (QED) is 0.276. The number of hydrogen-bond acceptors (Lipinski definition) is 2. The molecule has 0 N–H and O–H groups in total. The molecule has 0 saturated heterocycles. The van der Waals surface area contributed by atoms with Crippen molar-refractivity contribution in [3.05, 3.63) is 103 Å². The van der Waals surface area contributed by atoms with Gasteiger partial charge in [-0.1, -0.05) is 87.5 Å². The maximum atomic E-state index is 6.10. The Labute approximate surface area is 193 Å². The van der Waals surface area contributed by atoms with Crippen molar-refractivity contribution < 1.29 is 4.42 Å². The molecule has 0 amide bonds. The maximum Gasteiger partial charge on any atom is 0.136 e. The standard InChI is InChI=1S/C31H25NO/c1-31(2,3)22-17-18-32-27(19-22)21-13-11-20(12-14-21)23-8-6-9-25-24(23)15-16-29-30(25)26-7-4-5-10-28(26)33-29/h4-19H,1-3H3. The Morgan fingerprint density at radius 2 is 1.39 bits per heavy atom. The third-order valence-electron chi connectivity index (χ3n) is 6.52. The second-order valence-corrected chi connectivity index (χ2v) is 9.69. The zero-order valence-electron chi connectivity index (χ0n) is 19.1. The van der Waals surface area contributed by atoms with Crippen molar-refractivity contribution in [1.29, 1.82) is 0 Å². The van der Waals surface area contributed by atoms with Gasteiger partial charge in [0.2, 0.25) is 0 Å². The molecular weight excluding hydrogens is 402 g/mol. The van der Waals surface area contributed by atoms with Gasteiger partial charge in [-0.05, 0) is 57.1 Å². The summed E-state index contributed by atoms with van der Waals surface area (Å²) in [5.41, 5.74) is 7.82. The van der Waals surface area contributed by atoms with E-state index in [1.807, 2.05) is 18.3 Å². The van der Waals surface area contributed by atoms with Gasteiger partial charge in [0.25, 0.3) is 0 Å². The lowest BCUT2D eigenvalue weighted by molar-refractivity contribution is 0.589. The summed E-state index contributed by atoms with van der Waals surface area (Å²) in [5, 5.41) is 4.80. The number of hydrogen-bond donors (Lipinski definition) is 0. The van der Waals surface area contributed by atoms with E-state index in [2.05, 4.69) is 105 Å². The Balaban J connectivity index is 1.47. The molecule has 0 atom stereocenters. The smallest absolute Gasteiger partial charge is 0.136 e. The minimum Gasteiger partial charge on any atom is -0.456 e. The van der Waals surface area contributed by atoms with Crippen molar-refractivity contribution in [2.24, 2.45) is 0 Å². The predicted molar refractivity (Wildman–Crippen MR) is 139 cm³/mol. The summed E-state index contributed by atoms with van der Waals surface area (Å²) in [4.78, 5) is 4.62. The number of para-hydroxylation sites is 1. The van der Waals surface area contributed by atoms with Crippen molar-refractivity contribution >= 4 is 32.7 Å². The Kier molecular flexibility index (Phi) is 4.38. The van der Waals surface area contributed by atoms with Crippen LogP contribution in [0.3, 0.4) is 0 Å². The Bertz CT molecular complexity index is 1630. The normalized spacial score (nSPS) is 12.1. The summed E-state index contributed by atoms with van der Waals surface area (Å²) in [6.07, 6.45) is 1.91. The molecule has 160 valence electrons. The van der Waals surface area contributed by atoms with Crippen LogP contribution in [0.4, 0.5) is 0 Å². The summed E-state index contributed by atoms with van der Waals surface area (Å²) in [6.45, 7) is 6.70. The molecule has 0 aliphatic heterocycles. The molecule has 0 radical (unpaired) electrons. The third kappa shape index (κ3) is 3.30. The molecule has 0 aliphatic rings. The van der Waals surface area contributed by atoms with E-state index >= 15 is 0 Å². The van der Waals surface area contributed by atoms with Crippen molar-refractivity contribution in [3.63, 3.8) is 0 Å². The molecule has 33 heavy (non-hydrogen) atoms. The maximum absolute atomic E-state index is 6.10. The fraction of sp³-hybridized carbons (Fsp3) is 0.129. The molecule has 0 saturated carbocycles. The van der Waals surface area contributed by atoms with E-state index in [-0.39, 0.29) is 5.41 Å². The number of rotatable bonds is 2. The first kappa shape index (κ1) is 19.8. The van der Waals surface area contributed by atoms with Crippen molar-refractivity contribution in [2.75, 3.05) is 0 Å². The molecule has 4 aromatic carbocycles. The summed E-state index contributed by atoms with van der Waals surface area (Å²) in [7, 11) is 0. The van der Waals surface area contributed by atoms with Gasteiger partial charge in [-0.2, -0.15) is 0 Å². The number of fused-ring (bicyclic) bond motifs is 5. The molecule has 0 fully saturated rings. The van der Waals surface area contributed by atoms with Gasteiger partial charge in [0, 0.05) is 22.5 Å². The van der Waals surface area contributed by atoms with Crippen LogP contribution in [-0.2, 0) is 5.41 Å². The lowest BCUT2D eigenvalue weighted by atomic mass is 9.87. The van der Waals surface area contributed by atoms with E-state index < -0.39 is 0 Å². The molecule has 2 nitrogen and oxygen atoms in total. The number of pyridine rings is 1. The highest BCUT2D eigenvalue weighted by atomic mass is 16.3. The van der Waals surface area contributed by atoms with E-state index in [9.17, 15) is 0 Å². The van der Waals surface area contributed by atoms with Crippen molar-refractivity contribution in [3.8, 4) is 22.4 Å². The minimum absolute atomic E-state index is 0.100. The van der Waals surface area contributed by atoms with Gasteiger partial charge in [-0.25, -0.2) is 0 Å². The van der Waals surface area contributed by atoms with Gasteiger partial charge in [0.05, 0.1) is 5.69 Å². The van der Waals surface area contributed by atoms with Gasteiger partial charge in [0.1, 0.15) is 11.2 Å². The molecule has 0 aliphatic carbocycles. The lowest BCUT2D eigenvalue weighted by Crippen LogP contribution is -2.11. The highest BCUT2D eigenvalue weighted by Crippen LogP contribution is 2.38. The van der Waals surface area contributed by atoms with Crippen LogP contribution >= 0.6 is 0 Å². The van der Waals surface area contributed by atoms with Gasteiger partial charge < -0.3 is 4.42 Å². The first-order valence-corrected chi connectivity index (χ1v) is 11.4. The van der Waals surface area contributed by atoms with Gasteiger partial charge >= 0.3 is 0 Å². The second-order valence-electron chi connectivity index (χ2n) is 9.69. The van der Waals surface area contributed by atoms with Gasteiger partial charge in [-0.15, -0.1) is 0 Å². The topological polar surface area (TPSA) is 26.0 Å². The molecular formula is C31H25NO. The zero-order chi connectivity index (χ0) is 22.6. The van der Waals surface area contributed by atoms with E-state index in [0.29, 0.717) is 0 Å². The van der Waals surface area contributed by atoms with E-state index in [1.54, 1.807) is 0 Å². The number of benzene rings is 4. The van der Waals surface area contributed by atoms with Crippen LogP contribution < -0.4 is 0 Å². The van der Waals surface area contributed by atoms with Gasteiger partial charge in [-0.3, -0.25) is 4.98 Å². The zero-order valence-corrected chi connectivity index (χ0v) is 19.1. The summed E-state index contributed by atoms with van der Waals surface area (Å²) >= 11 is 0. The third-order valence-corrected chi connectivity index (χ3v) is 6.52. The molecule has 2 heteroatoms. The summed E-state index contributed by atoms with van der Waals surface area (Å²) < 4.78 is 6.10. The Morgan fingerprint density at radius 3 is 2.21 bits per heavy atom. The highest BCUT2D eigenvalue weighted by molar-refractivity contribution is 6.20. The van der Waals surface area contributed by atoms with Crippen LogP contribution in [0.15, 0.2) is 102 Å². The lowest BCUT2D eigenvalue weighted by Gasteiger charge is -2.19. The number of furan rings is 1. The highest BCUT2D eigenvalue weighted by Gasteiger charge is 2.15. The predicted octanol–water partition coefficient (Wildman–Crippen LogP) is 8.77. The van der Waals surface area contributed by atoms with Crippen molar-refractivity contribution in [1.82, 2.24) is 4.98 Å². The van der Waals surface area contributed by atoms with E-state index in [0.717, 1.165) is 27.8 Å². The number of nitrogens with zero attached hydrogens (tertiary/aromatic N) is 1. The molecule has 2 heterocycles.